The van der Waals surface area contributed by atoms with Crippen molar-refractivity contribution < 1.29 is 4.74 Å². The van der Waals surface area contributed by atoms with Crippen molar-refractivity contribution in [3.05, 3.63) is 58.1 Å². The number of halogens is 2. The van der Waals surface area contributed by atoms with Gasteiger partial charge in [0.15, 0.2) is 5.11 Å². The van der Waals surface area contributed by atoms with Gasteiger partial charge in [0.25, 0.3) is 0 Å². The Kier molecular flexibility index (Phi) is 5.89. The molecule has 3 nitrogen and oxygen atoms in total. The number of nitrogens with one attached hydrogen (secondary N) is 1. The number of hydrogen-bond donors (Lipinski definition) is 1. The molecule has 0 amide bonds. The van der Waals surface area contributed by atoms with Crippen LogP contribution in [-0.2, 0) is 6.54 Å². The van der Waals surface area contributed by atoms with Crippen LogP contribution in [0.15, 0.2) is 42.5 Å². The van der Waals surface area contributed by atoms with E-state index in [1.165, 1.54) is 0 Å². The highest BCUT2D eigenvalue weighted by atomic mass is 35.5. The lowest BCUT2D eigenvalue weighted by Crippen LogP contribution is -2.30. The number of nitrogens with zero attached hydrogens (tertiary/aromatic N) is 1. The second kappa shape index (κ2) is 7.68. The Morgan fingerprint density at radius 3 is 2.64 bits per heavy atom. The summed E-state index contributed by atoms with van der Waals surface area (Å²) in [5, 5.41) is 4.75. The fraction of sp³-hybridized carbons (Fsp3) is 0.188. The monoisotopic (exact) mass is 354 g/mol. The summed E-state index contributed by atoms with van der Waals surface area (Å²) in [4.78, 5) is 1.94. The molecule has 1 N–H and O–H groups in total. The van der Waals surface area contributed by atoms with E-state index in [1.807, 2.05) is 42.3 Å². The average molecular weight is 355 g/mol. The Bertz CT molecular complexity index is 679. The Balaban J connectivity index is 2.00. The van der Waals surface area contributed by atoms with Gasteiger partial charge in [0.2, 0.25) is 0 Å². The van der Waals surface area contributed by atoms with Crippen molar-refractivity contribution in [3.63, 3.8) is 0 Å². The summed E-state index contributed by atoms with van der Waals surface area (Å²) >= 11 is 17.3. The van der Waals surface area contributed by atoms with Gasteiger partial charge in [-0.2, -0.15) is 0 Å². The van der Waals surface area contributed by atoms with Gasteiger partial charge in [0, 0.05) is 19.3 Å². The Morgan fingerprint density at radius 2 is 1.95 bits per heavy atom. The topological polar surface area (TPSA) is 24.5 Å². The van der Waals surface area contributed by atoms with Gasteiger partial charge in [-0.05, 0) is 48.1 Å². The van der Waals surface area contributed by atoms with E-state index in [-0.39, 0.29) is 0 Å². The minimum atomic E-state index is 0.491. The highest BCUT2D eigenvalue weighted by Crippen LogP contribution is 2.25. The first-order valence-corrected chi connectivity index (χ1v) is 7.76. The zero-order valence-corrected chi connectivity index (χ0v) is 14.6. The summed E-state index contributed by atoms with van der Waals surface area (Å²) in [5.74, 6) is 0.828. The first kappa shape index (κ1) is 16.9. The first-order valence-electron chi connectivity index (χ1n) is 6.59. The van der Waals surface area contributed by atoms with Gasteiger partial charge in [0.1, 0.15) is 5.75 Å². The molecular weight excluding hydrogens is 339 g/mol. The molecule has 0 aliphatic heterocycles. The van der Waals surface area contributed by atoms with Crippen molar-refractivity contribution in [2.75, 3.05) is 19.5 Å². The third-order valence-corrected chi connectivity index (χ3v) is 4.22. The number of rotatable bonds is 4. The van der Waals surface area contributed by atoms with Gasteiger partial charge < -0.3 is 15.0 Å². The third kappa shape index (κ3) is 4.50. The van der Waals surface area contributed by atoms with Crippen molar-refractivity contribution >= 4 is 46.2 Å². The van der Waals surface area contributed by atoms with E-state index in [2.05, 4.69) is 5.32 Å². The van der Waals surface area contributed by atoms with Gasteiger partial charge in [-0.25, -0.2) is 0 Å². The van der Waals surface area contributed by atoms with Crippen LogP contribution in [0.4, 0.5) is 5.69 Å². The van der Waals surface area contributed by atoms with E-state index in [0.29, 0.717) is 21.7 Å². The van der Waals surface area contributed by atoms with Crippen molar-refractivity contribution in [1.82, 2.24) is 4.90 Å². The predicted octanol–water partition coefficient (Wildman–Crippen LogP) is 4.83. The molecule has 2 aromatic rings. The molecule has 0 aliphatic rings. The van der Waals surface area contributed by atoms with E-state index in [9.17, 15) is 0 Å². The lowest BCUT2D eigenvalue weighted by Gasteiger charge is -2.21. The molecule has 0 heterocycles. The molecule has 0 saturated heterocycles. The van der Waals surface area contributed by atoms with Crippen LogP contribution in [0.1, 0.15) is 5.56 Å². The van der Waals surface area contributed by atoms with Gasteiger partial charge in [-0.3, -0.25) is 0 Å². The normalized spacial score (nSPS) is 10.2. The fourth-order valence-corrected chi connectivity index (χ4v) is 2.39. The summed E-state index contributed by atoms with van der Waals surface area (Å²) in [6.45, 7) is 0.671. The summed E-state index contributed by atoms with van der Waals surface area (Å²) in [6, 6.07) is 13.2. The molecule has 0 fully saturated rings. The van der Waals surface area contributed by atoms with Crippen LogP contribution in [-0.4, -0.2) is 24.2 Å². The second-order valence-electron chi connectivity index (χ2n) is 4.77. The molecule has 0 unspecified atom stereocenters. The minimum absolute atomic E-state index is 0.491. The average Bonchev–Trinajstić information content (AvgIpc) is 2.51. The molecule has 0 spiro atoms. The molecule has 2 rings (SSSR count). The minimum Gasteiger partial charge on any atom is -0.497 e. The molecule has 0 aliphatic carbocycles. The van der Waals surface area contributed by atoms with Crippen LogP contribution in [0, 0.1) is 0 Å². The van der Waals surface area contributed by atoms with E-state index >= 15 is 0 Å². The van der Waals surface area contributed by atoms with E-state index in [4.69, 9.17) is 40.2 Å². The highest BCUT2D eigenvalue weighted by Gasteiger charge is 2.07. The zero-order chi connectivity index (χ0) is 16.1. The first-order chi connectivity index (χ1) is 10.5. The number of thiocarbonyl (C=S) groups is 1. The van der Waals surface area contributed by atoms with E-state index in [1.54, 1.807) is 19.2 Å². The van der Waals surface area contributed by atoms with E-state index in [0.717, 1.165) is 17.0 Å². The number of ether oxygens (including phenoxy) is 1. The van der Waals surface area contributed by atoms with Crippen molar-refractivity contribution in [1.29, 1.82) is 0 Å². The molecule has 0 saturated carbocycles. The third-order valence-electron chi connectivity index (χ3n) is 3.07. The maximum absolute atomic E-state index is 6.00. The van der Waals surface area contributed by atoms with Gasteiger partial charge in [-0.1, -0.05) is 35.3 Å². The van der Waals surface area contributed by atoms with Crippen LogP contribution >= 0.6 is 35.4 Å². The maximum Gasteiger partial charge on any atom is 0.173 e. The molecule has 0 radical (unpaired) electrons. The lowest BCUT2D eigenvalue weighted by molar-refractivity contribution is 0.413. The summed E-state index contributed by atoms with van der Waals surface area (Å²) in [7, 11) is 3.58. The van der Waals surface area contributed by atoms with Gasteiger partial charge >= 0.3 is 0 Å². The number of methoxy groups -OCH3 is 1. The maximum atomic E-state index is 6.00. The van der Waals surface area contributed by atoms with Gasteiger partial charge in [0.05, 0.1) is 17.2 Å². The number of anilines is 1. The lowest BCUT2D eigenvalue weighted by atomic mass is 10.2. The molecular formula is C16H16Cl2N2OS. The standard InChI is InChI=1S/C16H16Cl2N2OS/c1-20(10-11-4-3-5-13(8-11)21-2)16(22)19-12-6-7-14(17)15(18)9-12/h3-9H,10H2,1-2H3,(H,19,22). The smallest absolute Gasteiger partial charge is 0.173 e. The largest absolute Gasteiger partial charge is 0.497 e. The van der Waals surface area contributed by atoms with Crippen LogP contribution in [0.25, 0.3) is 0 Å². The molecule has 6 heteroatoms. The molecule has 0 aromatic heterocycles. The second-order valence-corrected chi connectivity index (χ2v) is 5.97. The van der Waals surface area contributed by atoms with Crippen molar-refractivity contribution in [3.8, 4) is 5.75 Å². The van der Waals surface area contributed by atoms with Crippen molar-refractivity contribution in [2.24, 2.45) is 0 Å². The molecule has 116 valence electrons. The fourth-order valence-electron chi connectivity index (χ4n) is 1.91. The van der Waals surface area contributed by atoms with Crippen LogP contribution < -0.4 is 10.1 Å². The Labute approximate surface area is 145 Å². The summed E-state index contributed by atoms with van der Waals surface area (Å²) in [5.41, 5.74) is 1.91. The van der Waals surface area contributed by atoms with Crippen LogP contribution in [0.2, 0.25) is 10.0 Å². The predicted molar refractivity (Wildman–Crippen MR) is 97.1 cm³/mol. The quantitative estimate of drug-likeness (QED) is 0.794. The van der Waals surface area contributed by atoms with E-state index < -0.39 is 0 Å². The summed E-state index contributed by atoms with van der Waals surface area (Å²) in [6.07, 6.45) is 0. The molecule has 22 heavy (non-hydrogen) atoms. The van der Waals surface area contributed by atoms with Crippen LogP contribution in [0.3, 0.4) is 0 Å². The Morgan fingerprint density at radius 1 is 1.18 bits per heavy atom. The zero-order valence-electron chi connectivity index (χ0n) is 12.3. The molecule has 2 aromatic carbocycles. The van der Waals surface area contributed by atoms with Crippen LogP contribution in [0.5, 0.6) is 5.75 Å². The SMILES string of the molecule is COc1cccc(CN(C)C(=S)Nc2ccc(Cl)c(Cl)c2)c1. The van der Waals surface area contributed by atoms with Crippen molar-refractivity contribution in [2.45, 2.75) is 6.54 Å². The van der Waals surface area contributed by atoms with Gasteiger partial charge in [-0.15, -0.1) is 0 Å². The molecule has 0 atom stereocenters. The molecule has 0 bridgehead atoms. The summed E-state index contributed by atoms with van der Waals surface area (Å²) < 4.78 is 5.22. The number of benzene rings is 2. The Hall–Kier alpha value is -1.49. The highest BCUT2D eigenvalue weighted by molar-refractivity contribution is 7.80. The number of hydrogen-bond acceptors (Lipinski definition) is 2.